The summed E-state index contributed by atoms with van der Waals surface area (Å²) < 4.78 is 0. The highest BCUT2D eigenvalue weighted by Crippen LogP contribution is 2.10. The van der Waals surface area contributed by atoms with Crippen molar-refractivity contribution < 1.29 is 4.79 Å². The summed E-state index contributed by atoms with van der Waals surface area (Å²) in [7, 11) is 1.97. The zero-order valence-corrected chi connectivity index (χ0v) is 13.0. The number of carbonyl (C=O) groups is 1. The van der Waals surface area contributed by atoms with Crippen molar-refractivity contribution in [2.24, 2.45) is 0 Å². The van der Waals surface area contributed by atoms with E-state index in [-0.39, 0.29) is 5.91 Å². The summed E-state index contributed by atoms with van der Waals surface area (Å²) in [6.07, 6.45) is 7.06. The molecule has 0 fully saturated rings. The number of amides is 1. The molecule has 0 atom stereocenters. The number of nitrogens with zero attached hydrogens (tertiary/aromatic N) is 4. The molecule has 0 spiro atoms. The van der Waals surface area contributed by atoms with Crippen molar-refractivity contribution in [1.29, 1.82) is 0 Å². The Kier molecular flexibility index (Phi) is 5.82. The van der Waals surface area contributed by atoms with Crippen molar-refractivity contribution >= 4 is 11.7 Å². The second-order valence-corrected chi connectivity index (χ2v) is 5.08. The Morgan fingerprint density at radius 1 is 1.36 bits per heavy atom. The van der Waals surface area contributed by atoms with Crippen LogP contribution >= 0.6 is 0 Å². The van der Waals surface area contributed by atoms with Gasteiger partial charge in [0.05, 0.1) is 0 Å². The van der Waals surface area contributed by atoms with Crippen LogP contribution < -0.4 is 10.2 Å². The molecule has 6 nitrogen and oxygen atoms in total. The molecule has 2 aromatic rings. The maximum atomic E-state index is 12.2. The Bertz CT molecular complexity index is 602. The number of hydrogen-bond donors (Lipinski definition) is 1. The SMILES string of the molecule is CCCCN(C)c1cc(C(=O)NCc2cccnc2)ncn1. The summed E-state index contributed by atoms with van der Waals surface area (Å²) in [5.74, 6) is 0.548. The average molecular weight is 299 g/mol. The van der Waals surface area contributed by atoms with Crippen LogP contribution in [-0.4, -0.2) is 34.5 Å². The Hall–Kier alpha value is -2.50. The lowest BCUT2D eigenvalue weighted by molar-refractivity contribution is 0.0945. The van der Waals surface area contributed by atoms with Crippen molar-refractivity contribution in [3.8, 4) is 0 Å². The van der Waals surface area contributed by atoms with Crippen LogP contribution in [0.4, 0.5) is 5.82 Å². The first-order chi connectivity index (χ1) is 10.7. The highest BCUT2D eigenvalue weighted by atomic mass is 16.1. The van der Waals surface area contributed by atoms with Crippen LogP contribution in [0.3, 0.4) is 0 Å². The monoisotopic (exact) mass is 299 g/mol. The van der Waals surface area contributed by atoms with E-state index in [0.717, 1.165) is 30.8 Å². The molecule has 2 rings (SSSR count). The van der Waals surface area contributed by atoms with E-state index in [1.54, 1.807) is 18.5 Å². The Morgan fingerprint density at radius 3 is 2.95 bits per heavy atom. The normalized spacial score (nSPS) is 10.3. The van der Waals surface area contributed by atoms with Gasteiger partial charge in [0, 0.05) is 38.6 Å². The summed E-state index contributed by atoms with van der Waals surface area (Å²) in [5.41, 5.74) is 1.32. The minimum atomic E-state index is -0.212. The number of rotatable bonds is 7. The summed E-state index contributed by atoms with van der Waals surface area (Å²) in [5, 5.41) is 2.84. The van der Waals surface area contributed by atoms with E-state index in [1.807, 2.05) is 24.1 Å². The van der Waals surface area contributed by atoms with Gasteiger partial charge in [-0.15, -0.1) is 0 Å². The van der Waals surface area contributed by atoms with Crippen LogP contribution in [-0.2, 0) is 6.54 Å². The fourth-order valence-corrected chi connectivity index (χ4v) is 1.97. The van der Waals surface area contributed by atoms with Crippen molar-refractivity contribution in [2.45, 2.75) is 26.3 Å². The summed E-state index contributed by atoms with van der Waals surface area (Å²) in [4.78, 5) is 26.5. The summed E-state index contributed by atoms with van der Waals surface area (Å²) >= 11 is 0. The van der Waals surface area contributed by atoms with Gasteiger partial charge in [-0.2, -0.15) is 0 Å². The van der Waals surface area contributed by atoms with Crippen molar-refractivity contribution in [3.05, 3.63) is 48.2 Å². The predicted molar refractivity (Wildman–Crippen MR) is 85.6 cm³/mol. The first kappa shape index (κ1) is 15.9. The van der Waals surface area contributed by atoms with Crippen molar-refractivity contribution in [2.75, 3.05) is 18.5 Å². The minimum absolute atomic E-state index is 0.212. The Balaban J connectivity index is 1.97. The van der Waals surface area contributed by atoms with E-state index in [1.165, 1.54) is 6.33 Å². The second-order valence-electron chi connectivity index (χ2n) is 5.08. The van der Waals surface area contributed by atoms with E-state index < -0.39 is 0 Å². The molecule has 0 unspecified atom stereocenters. The summed E-state index contributed by atoms with van der Waals surface area (Å²) in [6.45, 7) is 3.48. The highest BCUT2D eigenvalue weighted by Gasteiger charge is 2.10. The summed E-state index contributed by atoms with van der Waals surface area (Å²) in [6, 6.07) is 5.47. The molecule has 0 aromatic carbocycles. The van der Waals surface area contributed by atoms with Gasteiger partial charge in [0.1, 0.15) is 17.8 Å². The first-order valence-corrected chi connectivity index (χ1v) is 7.41. The van der Waals surface area contributed by atoms with Crippen molar-refractivity contribution in [3.63, 3.8) is 0 Å². The van der Waals surface area contributed by atoms with Gasteiger partial charge in [-0.3, -0.25) is 9.78 Å². The van der Waals surface area contributed by atoms with Gasteiger partial charge < -0.3 is 10.2 Å². The van der Waals surface area contributed by atoms with Gasteiger partial charge in [-0.1, -0.05) is 19.4 Å². The molecule has 2 heterocycles. The fraction of sp³-hybridized carbons (Fsp3) is 0.375. The third kappa shape index (κ3) is 4.51. The number of unbranched alkanes of at least 4 members (excludes halogenated alkanes) is 1. The molecule has 0 saturated carbocycles. The lowest BCUT2D eigenvalue weighted by Crippen LogP contribution is -2.25. The molecular formula is C16H21N5O. The molecular weight excluding hydrogens is 278 g/mol. The Labute approximate surface area is 130 Å². The number of carbonyl (C=O) groups excluding carboxylic acids is 1. The van der Waals surface area contributed by atoms with Gasteiger partial charge in [0.25, 0.3) is 5.91 Å². The molecule has 0 aliphatic carbocycles. The van der Waals surface area contributed by atoms with Crippen LogP contribution in [0.5, 0.6) is 0 Å². The number of aromatic nitrogens is 3. The van der Waals surface area contributed by atoms with Gasteiger partial charge in [-0.05, 0) is 18.1 Å². The van der Waals surface area contributed by atoms with Crippen LogP contribution in [0.1, 0.15) is 35.8 Å². The van der Waals surface area contributed by atoms with E-state index in [2.05, 4.69) is 27.2 Å². The van der Waals surface area contributed by atoms with E-state index in [9.17, 15) is 4.79 Å². The maximum Gasteiger partial charge on any atom is 0.270 e. The molecule has 6 heteroatoms. The Morgan fingerprint density at radius 2 is 2.23 bits per heavy atom. The second kappa shape index (κ2) is 8.07. The van der Waals surface area contributed by atoms with Gasteiger partial charge in [-0.25, -0.2) is 9.97 Å². The lowest BCUT2D eigenvalue weighted by Gasteiger charge is -2.17. The molecule has 22 heavy (non-hydrogen) atoms. The molecule has 2 aromatic heterocycles. The zero-order valence-electron chi connectivity index (χ0n) is 13.0. The maximum absolute atomic E-state index is 12.2. The highest BCUT2D eigenvalue weighted by molar-refractivity contribution is 5.92. The number of pyridine rings is 1. The topological polar surface area (TPSA) is 71.0 Å². The largest absolute Gasteiger partial charge is 0.360 e. The molecule has 116 valence electrons. The average Bonchev–Trinajstić information content (AvgIpc) is 2.58. The minimum Gasteiger partial charge on any atom is -0.360 e. The molecule has 1 amide bonds. The first-order valence-electron chi connectivity index (χ1n) is 7.41. The molecule has 0 aliphatic heterocycles. The smallest absolute Gasteiger partial charge is 0.270 e. The van der Waals surface area contributed by atoms with E-state index in [0.29, 0.717) is 12.2 Å². The number of anilines is 1. The van der Waals surface area contributed by atoms with E-state index >= 15 is 0 Å². The molecule has 0 saturated heterocycles. The lowest BCUT2D eigenvalue weighted by atomic mass is 10.2. The zero-order chi connectivity index (χ0) is 15.8. The number of nitrogens with one attached hydrogen (secondary N) is 1. The number of hydrogen-bond acceptors (Lipinski definition) is 5. The van der Waals surface area contributed by atoms with Gasteiger partial charge >= 0.3 is 0 Å². The third-order valence-corrected chi connectivity index (χ3v) is 3.30. The fourth-order valence-electron chi connectivity index (χ4n) is 1.97. The quantitative estimate of drug-likeness (QED) is 0.847. The van der Waals surface area contributed by atoms with Crippen molar-refractivity contribution in [1.82, 2.24) is 20.3 Å². The van der Waals surface area contributed by atoms with Gasteiger partial charge in [0.15, 0.2) is 0 Å². The van der Waals surface area contributed by atoms with Gasteiger partial charge in [0.2, 0.25) is 0 Å². The molecule has 0 aliphatic rings. The molecule has 0 bridgehead atoms. The van der Waals surface area contributed by atoms with Crippen LogP contribution in [0, 0.1) is 0 Å². The standard InChI is InChI=1S/C16H21N5O/c1-3-4-8-21(2)15-9-14(19-12-20-15)16(22)18-11-13-6-5-7-17-10-13/h5-7,9-10,12H,3-4,8,11H2,1-2H3,(H,18,22). The predicted octanol–water partition coefficient (Wildman–Crippen LogP) is 2.04. The van der Waals surface area contributed by atoms with Crippen LogP contribution in [0.2, 0.25) is 0 Å². The third-order valence-electron chi connectivity index (χ3n) is 3.30. The molecule has 1 N–H and O–H groups in total. The van der Waals surface area contributed by atoms with Crippen LogP contribution in [0.25, 0.3) is 0 Å². The van der Waals surface area contributed by atoms with E-state index in [4.69, 9.17) is 0 Å². The van der Waals surface area contributed by atoms with Crippen LogP contribution in [0.15, 0.2) is 36.9 Å². The molecule has 0 radical (unpaired) electrons.